The normalized spacial score (nSPS) is 15.8. The van der Waals surface area contributed by atoms with Crippen molar-refractivity contribution in [1.29, 1.82) is 0 Å². The van der Waals surface area contributed by atoms with Gasteiger partial charge in [0.05, 0.1) is 10.5 Å². The van der Waals surface area contributed by atoms with Gasteiger partial charge in [-0.05, 0) is 17.7 Å². The highest BCUT2D eigenvalue weighted by atomic mass is 35.5. The Morgan fingerprint density at radius 2 is 1.88 bits per heavy atom. The number of carbonyl (C=O) groups excluding carboxylic acids is 1. The molecule has 0 unspecified atom stereocenters. The van der Waals surface area contributed by atoms with Gasteiger partial charge in [0, 0.05) is 30.6 Å². The molecule has 1 aliphatic rings. The molecule has 0 atom stereocenters. The van der Waals surface area contributed by atoms with Crippen molar-refractivity contribution in [3.05, 3.63) is 45.1 Å². The van der Waals surface area contributed by atoms with Gasteiger partial charge in [-0.2, -0.15) is 0 Å². The first-order valence-electron chi connectivity index (χ1n) is 6.53. The lowest BCUT2D eigenvalue weighted by molar-refractivity contribution is -0.385. The molecule has 0 aromatic heterocycles. The number of nitro groups is 1. The minimum Gasteiger partial charge on any atom is -0.479 e. The molecule has 0 bridgehead atoms. The Bertz CT molecular complexity index is 788. The Morgan fingerprint density at radius 3 is 2.29 bits per heavy atom. The number of carboxylic acid groups (broad SMARTS) is 2. The highest BCUT2D eigenvalue weighted by Crippen LogP contribution is 2.41. The van der Waals surface area contributed by atoms with Crippen LogP contribution in [0.4, 0.5) is 5.69 Å². The third-order valence-corrected chi connectivity index (χ3v) is 3.93. The summed E-state index contributed by atoms with van der Waals surface area (Å²) in [7, 11) is 0. The number of aliphatic carboxylic acids is 2. The van der Waals surface area contributed by atoms with Crippen molar-refractivity contribution in [3.63, 3.8) is 0 Å². The van der Waals surface area contributed by atoms with Gasteiger partial charge in [0.15, 0.2) is 0 Å². The van der Waals surface area contributed by atoms with Gasteiger partial charge in [-0.1, -0.05) is 11.6 Å². The summed E-state index contributed by atoms with van der Waals surface area (Å²) < 4.78 is 0. The van der Waals surface area contributed by atoms with E-state index in [1.54, 1.807) is 0 Å². The van der Waals surface area contributed by atoms with Crippen molar-refractivity contribution in [2.75, 3.05) is 0 Å². The van der Waals surface area contributed by atoms with Gasteiger partial charge in [0.25, 0.3) is 5.69 Å². The SMILES string of the molecule is CC(=O)N1C=C(c2ccc(Cl)cc2[N+](=O)[O-])CC1(C(=O)O)C(=O)O. The van der Waals surface area contributed by atoms with E-state index in [-0.39, 0.29) is 16.2 Å². The van der Waals surface area contributed by atoms with Crippen molar-refractivity contribution in [2.45, 2.75) is 18.9 Å². The summed E-state index contributed by atoms with van der Waals surface area (Å²) in [4.78, 5) is 45.9. The summed E-state index contributed by atoms with van der Waals surface area (Å²) in [5.74, 6) is -4.30. The third kappa shape index (κ3) is 2.58. The van der Waals surface area contributed by atoms with Crippen LogP contribution in [0, 0.1) is 10.1 Å². The van der Waals surface area contributed by atoms with E-state index in [0.29, 0.717) is 4.90 Å². The second kappa shape index (κ2) is 5.93. The van der Waals surface area contributed by atoms with E-state index in [2.05, 4.69) is 0 Å². The molecule has 0 spiro atoms. The van der Waals surface area contributed by atoms with E-state index in [1.165, 1.54) is 12.1 Å². The molecule has 1 heterocycles. The quantitative estimate of drug-likeness (QED) is 0.477. The van der Waals surface area contributed by atoms with Crippen LogP contribution >= 0.6 is 11.6 Å². The third-order valence-electron chi connectivity index (χ3n) is 3.69. The molecule has 0 saturated heterocycles. The Morgan fingerprint density at radius 1 is 1.29 bits per heavy atom. The molecule has 1 amide bonds. The van der Waals surface area contributed by atoms with Crippen LogP contribution in [-0.2, 0) is 14.4 Å². The highest BCUT2D eigenvalue weighted by molar-refractivity contribution is 6.30. The second-order valence-corrected chi connectivity index (χ2v) is 5.55. The molecule has 0 fully saturated rings. The zero-order valence-corrected chi connectivity index (χ0v) is 13.0. The van der Waals surface area contributed by atoms with Crippen LogP contribution in [0.5, 0.6) is 0 Å². The molecule has 0 aliphatic carbocycles. The number of hydrogen-bond donors (Lipinski definition) is 2. The monoisotopic (exact) mass is 354 g/mol. The number of nitrogens with zero attached hydrogens (tertiary/aromatic N) is 2. The maximum atomic E-state index is 11.7. The zero-order valence-electron chi connectivity index (χ0n) is 12.2. The van der Waals surface area contributed by atoms with Gasteiger partial charge in [0.1, 0.15) is 0 Å². The number of halogens is 1. The highest BCUT2D eigenvalue weighted by Gasteiger charge is 2.57. The van der Waals surface area contributed by atoms with Gasteiger partial charge in [0.2, 0.25) is 11.4 Å². The molecule has 2 rings (SSSR count). The first kappa shape index (κ1) is 17.4. The molecular weight excluding hydrogens is 344 g/mol. The number of carboxylic acids is 2. The summed E-state index contributed by atoms with van der Waals surface area (Å²) in [5, 5.41) is 30.0. The van der Waals surface area contributed by atoms with E-state index in [4.69, 9.17) is 11.6 Å². The molecule has 1 aliphatic heterocycles. The van der Waals surface area contributed by atoms with E-state index in [1.807, 2.05) is 0 Å². The molecule has 24 heavy (non-hydrogen) atoms. The molecule has 126 valence electrons. The first-order chi connectivity index (χ1) is 11.1. The van der Waals surface area contributed by atoms with Gasteiger partial charge in [-0.15, -0.1) is 0 Å². The predicted octanol–water partition coefficient (Wildman–Crippen LogP) is 1.75. The first-order valence-corrected chi connectivity index (χ1v) is 6.90. The fourth-order valence-electron chi connectivity index (χ4n) is 2.57. The van der Waals surface area contributed by atoms with Crippen molar-refractivity contribution in [1.82, 2.24) is 4.90 Å². The van der Waals surface area contributed by atoms with Crippen LogP contribution in [-0.4, -0.2) is 43.4 Å². The molecule has 10 heteroatoms. The Labute approximate surface area is 139 Å². The van der Waals surface area contributed by atoms with Crippen molar-refractivity contribution in [3.8, 4) is 0 Å². The van der Waals surface area contributed by atoms with Gasteiger partial charge in [-0.25, -0.2) is 9.59 Å². The maximum absolute atomic E-state index is 11.7. The van der Waals surface area contributed by atoms with Gasteiger partial charge >= 0.3 is 11.9 Å². The second-order valence-electron chi connectivity index (χ2n) is 5.11. The van der Waals surface area contributed by atoms with E-state index < -0.39 is 40.4 Å². The van der Waals surface area contributed by atoms with Crippen LogP contribution in [0.2, 0.25) is 5.02 Å². The minimum absolute atomic E-state index is 0.0000231. The summed E-state index contributed by atoms with van der Waals surface area (Å²) >= 11 is 5.73. The lowest BCUT2D eigenvalue weighted by Gasteiger charge is -2.29. The standard InChI is InChI=1S/C14H11ClN2O7/c1-7(18)16-6-8(5-14(16,12(19)20)13(21)22)10-3-2-9(15)4-11(10)17(23)24/h2-4,6H,5H2,1H3,(H,19,20)(H,21,22). The Kier molecular flexibility index (Phi) is 4.30. The minimum atomic E-state index is -2.55. The van der Waals surface area contributed by atoms with Gasteiger partial charge in [-0.3, -0.25) is 19.8 Å². The van der Waals surface area contributed by atoms with E-state index in [0.717, 1.165) is 19.2 Å². The lowest BCUT2D eigenvalue weighted by atomic mass is 9.90. The zero-order chi connectivity index (χ0) is 18.2. The smallest absolute Gasteiger partial charge is 0.342 e. The molecule has 1 aromatic carbocycles. The van der Waals surface area contributed by atoms with Crippen molar-refractivity contribution >= 4 is 40.7 Å². The topological polar surface area (TPSA) is 138 Å². The fraction of sp³-hybridized carbons (Fsp3) is 0.214. The lowest BCUT2D eigenvalue weighted by Crippen LogP contribution is -2.57. The number of benzene rings is 1. The largest absolute Gasteiger partial charge is 0.479 e. The number of amides is 1. The number of carbonyl (C=O) groups is 3. The van der Waals surface area contributed by atoms with Crippen LogP contribution in [0.25, 0.3) is 5.57 Å². The Hall–Kier alpha value is -2.94. The molecule has 0 radical (unpaired) electrons. The van der Waals surface area contributed by atoms with Crippen LogP contribution < -0.4 is 0 Å². The predicted molar refractivity (Wildman–Crippen MR) is 81.2 cm³/mol. The van der Waals surface area contributed by atoms with Crippen molar-refractivity contribution < 1.29 is 29.5 Å². The number of rotatable bonds is 4. The van der Waals surface area contributed by atoms with Crippen molar-refractivity contribution in [2.24, 2.45) is 0 Å². The maximum Gasteiger partial charge on any atom is 0.342 e. The van der Waals surface area contributed by atoms with Crippen LogP contribution in [0.15, 0.2) is 24.4 Å². The van der Waals surface area contributed by atoms with E-state index >= 15 is 0 Å². The summed E-state index contributed by atoms with van der Waals surface area (Å²) in [5.41, 5.74) is -2.92. The van der Waals surface area contributed by atoms with E-state index in [9.17, 15) is 34.7 Å². The molecular formula is C14H11ClN2O7. The fourth-order valence-corrected chi connectivity index (χ4v) is 2.74. The molecule has 9 nitrogen and oxygen atoms in total. The summed E-state index contributed by atoms with van der Waals surface area (Å²) in [6.07, 6.45) is 0.403. The molecule has 1 aromatic rings. The molecule has 0 saturated carbocycles. The number of nitro benzene ring substituents is 1. The summed E-state index contributed by atoms with van der Waals surface area (Å²) in [6.45, 7) is 1.01. The molecule has 2 N–H and O–H groups in total. The number of hydrogen-bond acceptors (Lipinski definition) is 5. The average Bonchev–Trinajstić information content (AvgIpc) is 2.89. The average molecular weight is 355 g/mol. The Balaban J connectivity index is 2.65. The van der Waals surface area contributed by atoms with Crippen LogP contribution in [0.1, 0.15) is 18.9 Å². The van der Waals surface area contributed by atoms with Gasteiger partial charge < -0.3 is 10.2 Å². The summed E-state index contributed by atoms with van der Waals surface area (Å²) in [6, 6.07) is 3.70. The van der Waals surface area contributed by atoms with Crippen LogP contribution in [0.3, 0.4) is 0 Å².